The van der Waals surface area contributed by atoms with Gasteiger partial charge >= 0.3 is 0 Å². The zero-order valence-electron chi connectivity index (χ0n) is 18.4. The molecule has 1 unspecified atom stereocenters. The monoisotopic (exact) mass is 525 g/mol. The molecular weight excluding hydrogens is 489 g/mol. The van der Waals surface area contributed by atoms with Crippen LogP contribution in [-0.2, 0) is 24.2 Å². The molecule has 1 aromatic rings. The van der Waals surface area contributed by atoms with Crippen molar-refractivity contribution in [2.75, 3.05) is 46.3 Å². The molecule has 0 saturated carbocycles. The molecule has 0 bridgehead atoms. The maximum Gasteiger partial charge on any atom is 0.239 e. The van der Waals surface area contributed by atoms with E-state index in [9.17, 15) is 4.79 Å². The summed E-state index contributed by atoms with van der Waals surface area (Å²) in [5.41, 5.74) is 4.37. The molecule has 0 spiro atoms. The molecule has 166 valence electrons. The van der Waals surface area contributed by atoms with Crippen molar-refractivity contribution in [3.8, 4) is 0 Å². The summed E-state index contributed by atoms with van der Waals surface area (Å²) in [7, 11) is 1.86. The number of nitrogens with one attached hydrogen (secondary N) is 1. The van der Waals surface area contributed by atoms with Crippen LogP contribution in [0.25, 0.3) is 0 Å². The normalized spacial score (nSPS) is 20.7. The maximum absolute atomic E-state index is 12.7. The van der Waals surface area contributed by atoms with Crippen molar-refractivity contribution in [1.29, 1.82) is 0 Å². The first-order chi connectivity index (χ1) is 14.2. The standard InChI is InChI=1S/C23H35N5O.HI/c1-18(22(29)27-10-3-4-11-27)26-12-14-28(15-13-26)23(24-2)25-17-19-8-9-20-6-5-7-21(20)16-19;/h8-9,16,18H,3-7,10-15,17H2,1-2H3,(H,24,25);1H. The Morgan fingerprint density at radius 2 is 1.70 bits per heavy atom. The van der Waals surface area contributed by atoms with E-state index in [0.717, 1.165) is 64.6 Å². The number of piperazine rings is 1. The van der Waals surface area contributed by atoms with E-state index < -0.39 is 0 Å². The van der Waals surface area contributed by atoms with E-state index in [-0.39, 0.29) is 30.0 Å². The van der Waals surface area contributed by atoms with Gasteiger partial charge in [0.05, 0.1) is 6.04 Å². The summed E-state index contributed by atoms with van der Waals surface area (Å²) in [6.07, 6.45) is 6.04. The lowest BCUT2D eigenvalue weighted by molar-refractivity contribution is -0.135. The summed E-state index contributed by atoms with van der Waals surface area (Å²) in [4.78, 5) is 23.9. The Kier molecular flexibility index (Phi) is 8.39. The number of aliphatic imine (C=N–C) groups is 1. The molecule has 6 nitrogen and oxygen atoms in total. The minimum Gasteiger partial charge on any atom is -0.352 e. The van der Waals surface area contributed by atoms with E-state index in [0.29, 0.717) is 5.91 Å². The minimum absolute atomic E-state index is 0. The third-order valence-corrected chi connectivity index (χ3v) is 6.76. The fraction of sp³-hybridized carbons (Fsp3) is 0.652. The second-order valence-corrected chi connectivity index (χ2v) is 8.59. The van der Waals surface area contributed by atoms with Crippen LogP contribution in [0.1, 0.15) is 42.9 Å². The van der Waals surface area contributed by atoms with Crippen LogP contribution in [-0.4, -0.2) is 78.9 Å². The Labute approximate surface area is 198 Å². The zero-order valence-corrected chi connectivity index (χ0v) is 20.7. The molecule has 30 heavy (non-hydrogen) atoms. The summed E-state index contributed by atoms with van der Waals surface area (Å²) in [5, 5.41) is 3.54. The number of amides is 1. The lowest BCUT2D eigenvalue weighted by Gasteiger charge is -2.39. The first-order valence-corrected chi connectivity index (χ1v) is 11.2. The number of guanidine groups is 1. The van der Waals surface area contributed by atoms with Crippen molar-refractivity contribution in [3.05, 3.63) is 34.9 Å². The van der Waals surface area contributed by atoms with Crippen molar-refractivity contribution in [3.63, 3.8) is 0 Å². The molecule has 2 saturated heterocycles. The highest BCUT2D eigenvalue weighted by Crippen LogP contribution is 2.22. The van der Waals surface area contributed by atoms with Crippen molar-refractivity contribution < 1.29 is 4.79 Å². The fourth-order valence-electron chi connectivity index (χ4n) is 4.93. The third-order valence-electron chi connectivity index (χ3n) is 6.76. The molecule has 2 aliphatic heterocycles. The second kappa shape index (κ2) is 10.8. The number of aryl methyl sites for hydroxylation is 2. The van der Waals surface area contributed by atoms with E-state index in [1.807, 2.05) is 11.9 Å². The van der Waals surface area contributed by atoms with Crippen LogP contribution in [0.2, 0.25) is 0 Å². The van der Waals surface area contributed by atoms with Gasteiger partial charge in [-0.15, -0.1) is 24.0 Å². The highest BCUT2D eigenvalue weighted by molar-refractivity contribution is 14.0. The topological polar surface area (TPSA) is 51.2 Å². The molecule has 7 heteroatoms. The van der Waals surface area contributed by atoms with Crippen LogP contribution in [0.15, 0.2) is 23.2 Å². The average Bonchev–Trinajstić information content (AvgIpc) is 3.45. The SMILES string of the molecule is CN=C(NCc1ccc2c(c1)CCC2)N1CCN(C(C)C(=O)N2CCCC2)CC1.I. The van der Waals surface area contributed by atoms with Gasteiger partial charge in [-0.2, -0.15) is 0 Å². The smallest absolute Gasteiger partial charge is 0.239 e. The number of fused-ring (bicyclic) bond motifs is 1. The molecule has 3 aliphatic rings. The molecule has 1 atom stereocenters. The number of hydrogen-bond acceptors (Lipinski definition) is 3. The number of rotatable bonds is 4. The number of hydrogen-bond donors (Lipinski definition) is 1. The van der Waals surface area contributed by atoms with Gasteiger partial charge in [-0.05, 0) is 55.7 Å². The van der Waals surface area contributed by atoms with E-state index in [4.69, 9.17) is 0 Å². The summed E-state index contributed by atoms with van der Waals surface area (Å²) in [6.45, 7) is 8.36. The molecule has 0 aromatic heterocycles. The third kappa shape index (κ3) is 5.28. The van der Waals surface area contributed by atoms with Gasteiger partial charge in [-0.25, -0.2) is 0 Å². The summed E-state index contributed by atoms with van der Waals surface area (Å²) in [6, 6.07) is 6.87. The van der Waals surface area contributed by atoms with Crippen LogP contribution in [0.4, 0.5) is 0 Å². The van der Waals surface area contributed by atoms with E-state index >= 15 is 0 Å². The molecule has 4 rings (SSSR count). The first-order valence-electron chi connectivity index (χ1n) is 11.2. The predicted molar refractivity (Wildman–Crippen MR) is 133 cm³/mol. The van der Waals surface area contributed by atoms with Gasteiger partial charge < -0.3 is 15.1 Å². The lowest BCUT2D eigenvalue weighted by atomic mass is 10.1. The van der Waals surface area contributed by atoms with Crippen molar-refractivity contribution >= 4 is 35.8 Å². The van der Waals surface area contributed by atoms with Crippen LogP contribution in [0, 0.1) is 0 Å². The highest BCUT2D eigenvalue weighted by Gasteiger charge is 2.30. The summed E-state index contributed by atoms with van der Waals surface area (Å²) >= 11 is 0. The Balaban J connectivity index is 0.00000256. The molecule has 0 radical (unpaired) electrons. The number of halogens is 1. The number of carbonyl (C=O) groups excluding carboxylic acids is 1. The van der Waals surface area contributed by atoms with E-state index in [1.165, 1.54) is 36.0 Å². The van der Waals surface area contributed by atoms with Gasteiger partial charge in [-0.1, -0.05) is 18.2 Å². The van der Waals surface area contributed by atoms with Crippen LogP contribution < -0.4 is 5.32 Å². The number of likely N-dealkylation sites (tertiary alicyclic amines) is 1. The van der Waals surface area contributed by atoms with Gasteiger partial charge in [0.15, 0.2) is 5.96 Å². The summed E-state index contributed by atoms with van der Waals surface area (Å²) in [5.74, 6) is 1.26. The van der Waals surface area contributed by atoms with Crippen molar-refractivity contribution in [1.82, 2.24) is 20.0 Å². The minimum atomic E-state index is -0.0170. The maximum atomic E-state index is 12.7. The Morgan fingerprint density at radius 3 is 2.40 bits per heavy atom. The highest BCUT2D eigenvalue weighted by atomic mass is 127. The number of nitrogens with zero attached hydrogens (tertiary/aromatic N) is 4. The van der Waals surface area contributed by atoms with Gasteiger partial charge in [0.2, 0.25) is 5.91 Å². The molecule has 1 aromatic carbocycles. The Bertz CT molecular complexity index is 754. The van der Waals surface area contributed by atoms with E-state index in [1.54, 1.807) is 0 Å². The zero-order chi connectivity index (χ0) is 20.2. The molecule has 1 aliphatic carbocycles. The molecule has 2 heterocycles. The van der Waals surface area contributed by atoms with Gasteiger partial charge in [0.25, 0.3) is 0 Å². The first kappa shape index (κ1) is 23.3. The largest absolute Gasteiger partial charge is 0.352 e. The van der Waals surface area contributed by atoms with E-state index in [2.05, 4.69) is 45.2 Å². The Morgan fingerprint density at radius 1 is 1.00 bits per heavy atom. The van der Waals surface area contributed by atoms with Crippen molar-refractivity contribution in [2.24, 2.45) is 4.99 Å². The Hall–Kier alpha value is -1.35. The van der Waals surface area contributed by atoms with Crippen LogP contribution in [0.3, 0.4) is 0 Å². The van der Waals surface area contributed by atoms with Gasteiger partial charge in [-0.3, -0.25) is 14.7 Å². The lowest BCUT2D eigenvalue weighted by Crippen LogP contribution is -2.57. The molecule has 1 N–H and O–H groups in total. The molecule has 1 amide bonds. The van der Waals surface area contributed by atoms with Crippen LogP contribution >= 0.6 is 24.0 Å². The quantitative estimate of drug-likeness (QED) is 0.373. The number of benzene rings is 1. The van der Waals surface area contributed by atoms with Crippen LogP contribution in [0.5, 0.6) is 0 Å². The van der Waals surface area contributed by atoms with Crippen molar-refractivity contribution in [2.45, 2.75) is 51.6 Å². The molecule has 2 fully saturated rings. The molecular formula is C23H36IN5O. The fourth-order valence-corrected chi connectivity index (χ4v) is 4.93. The number of carbonyl (C=O) groups is 1. The summed E-state index contributed by atoms with van der Waals surface area (Å²) < 4.78 is 0. The van der Waals surface area contributed by atoms with Gasteiger partial charge in [0, 0.05) is 52.9 Å². The predicted octanol–water partition coefficient (Wildman–Crippen LogP) is 2.50. The van der Waals surface area contributed by atoms with Gasteiger partial charge in [0.1, 0.15) is 0 Å². The average molecular weight is 525 g/mol. The second-order valence-electron chi connectivity index (χ2n) is 8.59.